The number of aliphatic hydroxyl groups excluding tert-OH is 1. The molecule has 6 heterocycles. The van der Waals surface area contributed by atoms with Crippen molar-refractivity contribution in [2.24, 2.45) is 0 Å². The Kier molecular flexibility index (Phi) is 9.24. The number of hydrogen-bond donors (Lipinski definition) is 1. The van der Waals surface area contributed by atoms with Gasteiger partial charge in [0, 0.05) is 11.5 Å². The van der Waals surface area contributed by atoms with Crippen molar-refractivity contribution in [2.45, 2.75) is 111 Å². The summed E-state index contributed by atoms with van der Waals surface area (Å²) in [5.74, 6) is 1.62. The summed E-state index contributed by atoms with van der Waals surface area (Å²) in [5, 5.41) is 11.1. The summed E-state index contributed by atoms with van der Waals surface area (Å²) in [6, 6.07) is 20.3. The minimum Gasteiger partial charge on any atom is -0.389 e. The first-order chi connectivity index (χ1) is 20.2. The van der Waals surface area contributed by atoms with Gasteiger partial charge in [-0.25, -0.2) is 0 Å². The largest absolute Gasteiger partial charge is 0.389 e. The maximum atomic E-state index is 11.4. The number of thioether (sulfide) groups is 2. The van der Waals surface area contributed by atoms with Crippen LogP contribution in [0.5, 0.6) is 0 Å². The zero-order valence-electron chi connectivity index (χ0n) is 23.2. The second-order valence-corrected chi connectivity index (χ2v) is 14.1. The number of ether oxygens (including phenoxy) is 6. The molecule has 4 bridgehead atoms. The average Bonchev–Trinajstić information content (AvgIpc) is 3.02. The van der Waals surface area contributed by atoms with E-state index in [0.29, 0.717) is 13.2 Å². The molecule has 7 aliphatic rings. The molecule has 6 saturated heterocycles. The van der Waals surface area contributed by atoms with Crippen molar-refractivity contribution >= 4 is 23.5 Å². The number of fused-ring (bicyclic) bond motifs is 6. The molecule has 41 heavy (non-hydrogen) atoms. The zero-order valence-corrected chi connectivity index (χ0v) is 24.8. The Balaban J connectivity index is 1.05. The van der Waals surface area contributed by atoms with E-state index in [9.17, 15) is 5.11 Å². The minimum atomic E-state index is -0.677. The lowest BCUT2D eigenvalue weighted by Crippen LogP contribution is -2.68. The summed E-state index contributed by atoms with van der Waals surface area (Å²) in [6.45, 7) is 0.933. The van der Waals surface area contributed by atoms with Gasteiger partial charge in [-0.2, -0.15) is 0 Å². The summed E-state index contributed by atoms with van der Waals surface area (Å²) in [5.41, 5.74) is 2.20. The molecule has 0 radical (unpaired) electrons. The van der Waals surface area contributed by atoms with Gasteiger partial charge >= 0.3 is 0 Å². The van der Waals surface area contributed by atoms with Crippen molar-refractivity contribution in [1.29, 1.82) is 0 Å². The van der Waals surface area contributed by atoms with E-state index in [0.717, 1.165) is 35.5 Å². The maximum absolute atomic E-state index is 11.4. The molecule has 2 aromatic carbocycles. The number of rotatable bonds is 10. The first-order valence-corrected chi connectivity index (χ1v) is 17.2. The van der Waals surface area contributed by atoms with Crippen LogP contribution in [0, 0.1) is 0 Å². The fraction of sp³-hybridized carbons (Fsp3) is 0.625. The lowest BCUT2D eigenvalue weighted by atomic mass is 9.96. The smallest absolute Gasteiger partial charge is 0.173 e. The van der Waals surface area contributed by atoms with Gasteiger partial charge in [0.25, 0.3) is 0 Å². The van der Waals surface area contributed by atoms with Crippen molar-refractivity contribution < 1.29 is 33.5 Å². The van der Waals surface area contributed by atoms with Gasteiger partial charge in [-0.05, 0) is 24.0 Å². The molecule has 0 aromatic heterocycles. The van der Waals surface area contributed by atoms with Crippen LogP contribution in [0.15, 0.2) is 60.7 Å². The van der Waals surface area contributed by atoms with E-state index in [-0.39, 0.29) is 53.4 Å². The molecule has 1 N–H and O–H groups in total. The second-order valence-electron chi connectivity index (χ2n) is 11.7. The summed E-state index contributed by atoms with van der Waals surface area (Å²) in [4.78, 5) is 0. The van der Waals surface area contributed by atoms with Crippen LogP contribution < -0.4 is 0 Å². The first kappa shape index (κ1) is 28.6. The molecule has 0 unspecified atom stereocenters. The van der Waals surface area contributed by atoms with Crippen molar-refractivity contribution in [3.8, 4) is 0 Å². The van der Waals surface area contributed by atoms with Crippen molar-refractivity contribution in [3.05, 3.63) is 71.8 Å². The molecule has 7 fully saturated rings. The van der Waals surface area contributed by atoms with Crippen molar-refractivity contribution in [1.82, 2.24) is 0 Å². The quantitative estimate of drug-likeness (QED) is 0.409. The molecule has 0 spiro atoms. The third-order valence-corrected chi connectivity index (χ3v) is 11.7. The molecule has 2 aromatic rings. The van der Waals surface area contributed by atoms with Crippen LogP contribution >= 0.6 is 23.5 Å². The molecule has 9 heteroatoms. The highest BCUT2D eigenvalue weighted by Gasteiger charge is 2.57. The number of hydrogen-bond acceptors (Lipinski definition) is 9. The number of benzene rings is 2. The third kappa shape index (κ3) is 6.40. The first-order valence-electron chi connectivity index (χ1n) is 15.1. The summed E-state index contributed by atoms with van der Waals surface area (Å²) in [7, 11) is 0. The van der Waals surface area contributed by atoms with Crippen LogP contribution in [0.25, 0.3) is 0 Å². The second kappa shape index (κ2) is 13.2. The summed E-state index contributed by atoms with van der Waals surface area (Å²) < 4.78 is 39.2. The molecular weight excluding hydrogens is 560 g/mol. The Hall–Kier alpha value is -1.14. The van der Waals surface area contributed by atoms with Gasteiger partial charge < -0.3 is 33.5 Å². The van der Waals surface area contributed by atoms with Gasteiger partial charge in [-0.15, -0.1) is 23.5 Å². The van der Waals surface area contributed by atoms with Gasteiger partial charge in [0.15, 0.2) is 12.6 Å². The SMILES string of the molecule is O[C@H]1[C@H](OCc2ccccc2)[C@H]2CS[C@@H]1[C@H](O[C@H]1[C@H](OCc3ccccc3)[C@H]3CS[C@@H]1[C@H](OC1CCCCC1)O3)O2. The van der Waals surface area contributed by atoms with E-state index >= 15 is 0 Å². The van der Waals surface area contributed by atoms with E-state index in [2.05, 4.69) is 12.1 Å². The normalized spacial score (nSPS) is 38.8. The monoisotopic (exact) mass is 600 g/mol. The van der Waals surface area contributed by atoms with Crippen LogP contribution in [-0.4, -0.2) is 82.4 Å². The van der Waals surface area contributed by atoms with Gasteiger partial charge in [0.1, 0.15) is 18.3 Å². The topological polar surface area (TPSA) is 75.6 Å². The van der Waals surface area contributed by atoms with Gasteiger partial charge in [-0.3, -0.25) is 0 Å². The van der Waals surface area contributed by atoms with Gasteiger partial charge in [0.2, 0.25) is 0 Å². The maximum Gasteiger partial charge on any atom is 0.173 e. The van der Waals surface area contributed by atoms with Gasteiger partial charge in [0.05, 0.1) is 48.1 Å². The Bertz CT molecular complexity index is 1100. The molecule has 10 atom stereocenters. The standard InChI is InChI=1S/C32H40O7S2/c33-25-26(34-16-20-10-4-1-5-11-20)23-18-40-29(25)31(37-23)39-28-27(35-17-21-12-6-2-7-13-21)24-19-41-30(28)32(38-24)36-22-14-8-3-9-15-22/h1-2,4-7,10-13,22-33H,3,8-9,14-19H2/t23-,24-,25+,26-,27-,28+,29+,30+,31+,32-/m1/s1. The molecular formula is C32H40O7S2. The predicted molar refractivity (Wildman–Crippen MR) is 159 cm³/mol. The van der Waals surface area contributed by atoms with E-state index in [1.54, 1.807) is 11.8 Å². The summed E-state index contributed by atoms with van der Waals surface area (Å²) in [6.07, 6.45) is 3.29. The van der Waals surface area contributed by atoms with Gasteiger partial charge in [-0.1, -0.05) is 79.9 Å². The van der Waals surface area contributed by atoms with Crippen molar-refractivity contribution in [2.75, 3.05) is 11.5 Å². The Morgan fingerprint density at radius 3 is 1.85 bits per heavy atom. The molecule has 1 aliphatic carbocycles. The average molecular weight is 601 g/mol. The van der Waals surface area contributed by atoms with Crippen molar-refractivity contribution in [3.63, 3.8) is 0 Å². The van der Waals surface area contributed by atoms with E-state index < -0.39 is 12.4 Å². The predicted octanol–water partition coefficient (Wildman–Crippen LogP) is 4.93. The highest BCUT2D eigenvalue weighted by Crippen LogP contribution is 2.46. The Morgan fingerprint density at radius 1 is 0.659 bits per heavy atom. The Labute approximate surface area is 250 Å². The highest BCUT2D eigenvalue weighted by atomic mass is 32.2. The molecule has 222 valence electrons. The van der Waals surface area contributed by atoms with Crippen LogP contribution in [0.3, 0.4) is 0 Å². The van der Waals surface area contributed by atoms with E-state index in [1.165, 1.54) is 19.3 Å². The molecule has 1 saturated carbocycles. The fourth-order valence-electron chi connectivity index (χ4n) is 6.67. The lowest BCUT2D eigenvalue weighted by molar-refractivity contribution is -0.319. The van der Waals surface area contributed by atoms with E-state index in [1.807, 2.05) is 60.3 Å². The Morgan fingerprint density at radius 2 is 1.22 bits per heavy atom. The zero-order chi connectivity index (χ0) is 27.6. The number of aliphatic hydroxyl groups is 1. The molecule has 0 amide bonds. The van der Waals surface area contributed by atoms with Crippen LogP contribution in [0.2, 0.25) is 0 Å². The summed E-state index contributed by atoms with van der Waals surface area (Å²) >= 11 is 3.57. The minimum absolute atomic E-state index is 0.0287. The molecule has 9 rings (SSSR count). The van der Waals surface area contributed by atoms with Crippen LogP contribution in [-0.2, 0) is 41.6 Å². The van der Waals surface area contributed by atoms with Crippen LogP contribution in [0.1, 0.15) is 43.2 Å². The fourth-order valence-corrected chi connectivity index (χ4v) is 9.36. The molecule has 7 nitrogen and oxygen atoms in total. The molecule has 6 aliphatic heterocycles. The van der Waals surface area contributed by atoms with E-state index in [4.69, 9.17) is 28.4 Å². The van der Waals surface area contributed by atoms with Crippen LogP contribution in [0.4, 0.5) is 0 Å². The highest BCUT2D eigenvalue weighted by molar-refractivity contribution is 8.00. The third-order valence-electron chi connectivity index (χ3n) is 8.85. The lowest BCUT2D eigenvalue weighted by Gasteiger charge is -2.54.